The predicted octanol–water partition coefficient (Wildman–Crippen LogP) is 2.73. The van der Waals surface area contributed by atoms with Crippen molar-refractivity contribution in [1.82, 2.24) is 9.97 Å². The topological polar surface area (TPSA) is 45.8 Å². The van der Waals surface area contributed by atoms with Gasteiger partial charge in [0.2, 0.25) is 0 Å². The summed E-state index contributed by atoms with van der Waals surface area (Å²) in [6.07, 6.45) is 0. The van der Waals surface area contributed by atoms with E-state index in [1.807, 2.05) is 0 Å². The number of aryl methyl sites for hydroxylation is 1. The van der Waals surface area contributed by atoms with E-state index in [0.717, 1.165) is 0 Å². The molecule has 16 heavy (non-hydrogen) atoms. The van der Waals surface area contributed by atoms with Crippen molar-refractivity contribution in [3.8, 4) is 11.3 Å². The van der Waals surface area contributed by atoms with Crippen LogP contribution in [0.2, 0.25) is 0 Å². The van der Waals surface area contributed by atoms with Crippen LogP contribution in [-0.2, 0) is 0 Å². The highest BCUT2D eigenvalue weighted by molar-refractivity contribution is 5.91. The van der Waals surface area contributed by atoms with E-state index in [1.54, 1.807) is 25.1 Å². The number of carbonyl (C=O) groups excluding carboxylic acids is 1. The quantitative estimate of drug-likeness (QED) is 0.788. The molecule has 0 unspecified atom stereocenters. The fourth-order valence-electron chi connectivity index (χ4n) is 1.54. The summed E-state index contributed by atoms with van der Waals surface area (Å²) in [6.45, 7) is 3.19. The summed E-state index contributed by atoms with van der Waals surface area (Å²) in [5, 5.41) is 0. The monoisotopic (exact) mass is 218 g/mol. The molecule has 0 fully saturated rings. The summed E-state index contributed by atoms with van der Waals surface area (Å²) >= 11 is 0. The van der Waals surface area contributed by atoms with Gasteiger partial charge in [-0.1, -0.05) is 12.1 Å². The summed E-state index contributed by atoms with van der Waals surface area (Å²) in [7, 11) is 0. The second-order valence-electron chi connectivity index (χ2n) is 3.60. The molecule has 1 aromatic heterocycles. The molecule has 0 spiro atoms. The average Bonchev–Trinajstić information content (AvgIpc) is 2.61. The van der Waals surface area contributed by atoms with Crippen LogP contribution in [0.3, 0.4) is 0 Å². The molecule has 0 aliphatic rings. The highest BCUT2D eigenvalue weighted by Gasteiger charge is 2.14. The van der Waals surface area contributed by atoms with Crippen molar-refractivity contribution < 1.29 is 9.18 Å². The Bertz CT molecular complexity index is 546. The number of carbonyl (C=O) groups is 1. The first-order chi connectivity index (χ1) is 7.59. The first-order valence-electron chi connectivity index (χ1n) is 4.92. The number of H-pyrrole nitrogens is 1. The highest BCUT2D eigenvalue weighted by atomic mass is 19.1. The summed E-state index contributed by atoms with van der Waals surface area (Å²) in [5.74, 6) is -0.242. The van der Waals surface area contributed by atoms with Gasteiger partial charge >= 0.3 is 0 Å². The third kappa shape index (κ3) is 1.74. The number of aromatic nitrogens is 2. The summed E-state index contributed by atoms with van der Waals surface area (Å²) in [4.78, 5) is 18.1. The molecule has 0 radical (unpaired) electrons. The molecule has 0 aliphatic carbocycles. The fraction of sp³-hybridized carbons (Fsp3) is 0.167. The summed E-state index contributed by atoms with van der Waals surface area (Å²) in [5.41, 5.74) is 1.59. The summed E-state index contributed by atoms with van der Waals surface area (Å²) < 4.78 is 13.5. The second-order valence-corrected chi connectivity index (χ2v) is 3.60. The molecule has 0 saturated carbocycles. The summed E-state index contributed by atoms with van der Waals surface area (Å²) in [6, 6.07) is 6.37. The van der Waals surface area contributed by atoms with Crippen LogP contribution < -0.4 is 0 Å². The minimum absolute atomic E-state index is 0.161. The minimum Gasteiger partial charge on any atom is -0.339 e. The first kappa shape index (κ1) is 10.5. The third-order valence-electron chi connectivity index (χ3n) is 2.35. The molecule has 1 heterocycles. The lowest BCUT2D eigenvalue weighted by Crippen LogP contribution is -1.94. The number of hydrogen-bond acceptors (Lipinski definition) is 2. The number of Topliss-reactive ketones (excluding diaryl/α,β-unsaturated/α-hetero) is 1. The van der Waals surface area contributed by atoms with Crippen LogP contribution in [0.15, 0.2) is 24.3 Å². The Morgan fingerprint density at radius 1 is 1.38 bits per heavy atom. The Morgan fingerprint density at radius 2 is 2.06 bits per heavy atom. The zero-order valence-electron chi connectivity index (χ0n) is 9.04. The Kier molecular flexibility index (Phi) is 2.56. The molecule has 0 atom stereocenters. The molecule has 0 saturated heterocycles. The molecule has 2 rings (SSSR count). The largest absolute Gasteiger partial charge is 0.339 e. The number of halogens is 1. The molecule has 0 aliphatic heterocycles. The molecule has 3 nitrogen and oxygen atoms in total. The molecule has 1 aromatic carbocycles. The SMILES string of the molecule is CC(=O)c1nc(-c2ccccc2F)c(C)[nH]1. The van der Waals surface area contributed by atoms with Gasteiger partial charge in [0.25, 0.3) is 0 Å². The minimum atomic E-state index is -0.341. The van der Waals surface area contributed by atoms with Crippen LogP contribution in [0, 0.1) is 12.7 Å². The molecular weight excluding hydrogens is 207 g/mol. The molecule has 0 amide bonds. The maximum Gasteiger partial charge on any atom is 0.195 e. The number of nitrogens with one attached hydrogen (secondary N) is 1. The first-order valence-corrected chi connectivity index (χ1v) is 4.92. The van der Waals surface area contributed by atoms with Gasteiger partial charge in [0.15, 0.2) is 11.6 Å². The number of hydrogen-bond donors (Lipinski definition) is 1. The van der Waals surface area contributed by atoms with Gasteiger partial charge in [-0.3, -0.25) is 4.79 Å². The highest BCUT2D eigenvalue weighted by Crippen LogP contribution is 2.23. The van der Waals surface area contributed by atoms with Gasteiger partial charge in [-0.15, -0.1) is 0 Å². The zero-order chi connectivity index (χ0) is 11.7. The number of aromatic amines is 1. The number of rotatable bonds is 2. The lowest BCUT2D eigenvalue weighted by Gasteiger charge is -1.99. The lowest BCUT2D eigenvalue weighted by molar-refractivity contribution is 0.100. The van der Waals surface area contributed by atoms with Crippen molar-refractivity contribution in [2.75, 3.05) is 0 Å². The Balaban J connectivity index is 2.57. The smallest absolute Gasteiger partial charge is 0.195 e. The van der Waals surface area contributed by atoms with Gasteiger partial charge < -0.3 is 4.98 Å². The fourth-order valence-corrected chi connectivity index (χ4v) is 1.54. The van der Waals surface area contributed by atoms with Gasteiger partial charge in [0.05, 0.1) is 5.69 Å². The third-order valence-corrected chi connectivity index (χ3v) is 2.35. The van der Waals surface area contributed by atoms with E-state index in [0.29, 0.717) is 17.0 Å². The maximum atomic E-state index is 13.5. The van der Waals surface area contributed by atoms with E-state index < -0.39 is 0 Å². The molecule has 2 aromatic rings. The molecule has 1 N–H and O–H groups in total. The van der Waals surface area contributed by atoms with Gasteiger partial charge in [-0.2, -0.15) is 0 Å². The van der Waals surface area contributed by atoms with Crippen molar-refractivity contribution in [1.29, 1.82) is 0 Å². The van der Waals surface area contributed by atoms with Gasteiger partial charge in [0.1, 0.15) is 5.82 Å². The van der Waals surface area contributed by atoms with E-state index in [-0.39, 0.29) is 17.4 Å². The average molecular weight is 218 g/mol. The Labute approximate surface area is 92.3 Å². The van der Waals surface area contributed by atoms with E-state index >= 15 is 0 Å². The van der Waals surface area contributed by atoms with Crippen molar-refractivity contribution in [3.63, 3.8) is 0 Å². The van der Waals surface area contributed by atoms with E-state index in [1.165, 1.54) is 13.0 Å². The van der Waals surface area contributed by atoms with Crippen LogP contribution >= 0.6 is 0 Å². The van der Waals surface area contributed by atoms with E-state index in [2.05, 4.69) is 9.97 Å². The van der Waals surface area contributed by atoms with Gasteiger partial charge in [0, 0.05) is 18.2 Å². The van der Waals surface area contributed by atoms with Crippen molar-refractivity contribution >= 4 is 5.78 Å². The molecule has 82 valence electrons. The predicted molar refractivity (Wildman–Crippen MR) is 58.7 cm³/mol. The number of benzene rings is 1. The standard InChI is InChI=1S/C12H11FN2O/c1-7-11(15-12(14-7)8(2)16)9-5-3-4-6-10(9)13/h3-6H,1-2H3,(H,14,15). The Hall–Kier alpha value is -1.97. The second kappa shape index (κ2) is 3.89. The van der Waals surface area contributed by atoms with Crippen molar-refractivity contribution in [2.24, 2.45) is 0 Å². The van der Waals surface area contributed by atoms with Crippen LogP contribution in [-0.4, -0.2) is 15.8 Å². The van der Waals surface area contributed by atoms with Crippen LogP contribution in [0.4, 0.5) is 4.39 Å². The lowest BCUT2D eigenvalue weighted by atomic mass is 10.1. The normalized spacial score (nSPS) is 10.4. The van der Waals surface area contributed by atoms with Crippen LogP contribution in [0.25, 0.3) is 11.3 Å². The Morgan fingerprint density at radius 3 is 2.62 bits per heavy atom. The van der Waals surface area contributed by atoms with Crippen LogP contribution in [0.5, 0.6) is 0 Å². The number of ketones is 1. The van der Waals surface area contributed by atoms with Crippen molar-refractivity contribution in [3.05, 3.63) is 41.6 Å². The molecule has 0 bridgehead atoms. The van der Waals surface area contributed by atoms with E-state index in [4.69, 9.17) is 0 Å². The number of imidazole rings is 1. The number of nitrogens with zero attached hydrogens (tertiary/aromatic N) is 1. The molecular formula is C12H11FN2O. The zero-order valence-corrected chi connectivity index (χ0v) is 9.04. The van der Waals surface area contributed by atoms with Crippen molar-refractivity contribution in [2.45, 2.75) is 13.8 Å². The van der Waals surface area contributed by atoms with E-state index in [9.17, 15) is 9.18 Å². The van der Waals surface area contributed by atoms with Crippen LogP contribution in [0.1, 0.15) is 23.2 Å². The van der Waals surface area contributed by atoms with Gasteiger partial charge in [-0.05, 0) is 19.1 Å². The molecule has 4 heteroatoms. The van der Waals surface area contributed by atoms with Gasteiger partial charge in [-0.25, -0.2) is 9.37 Å². The maximum absolute atomic E-state index is 13.5.